The molecule has 0 aliphatic rings. The number of nitrogens with zero attached hydrogens (tertiary/aromatic N) is 3. The lowest BCUT2D eigenvalue weighted by atomic mass is 10.1. The number of anilines is 1. The molecule has 0 aliphatic carbocycles. The second-order valence-electron chi connectivity index (χ2n) is 7.99. The molecule has 0 atom stereocenters. The summed E-state index contributed by atoms with van der Waals surface area (Å²) in [5.41, 5.74) is 4.05. The molecule has 0 radical (unpaired) electrons. The number of methoxy groups -OCH3 is 1. The summed E-state index contributed by atoms with van der Waals surface area (Å²) in [6.07, 6.45) is 0. The fourth-order valence-corrected chi connectivity index (χ4v) is 4.90. The molecule has 8 nitrogen and oxygen atoms in total. The number of amides is 2. The summed E-state index contributed by atoms with van der Waals surface area (Å²) >= 11 is 1.54. The van der Waals surface area contributed by atoms with Gasteiger partial charge in [0.2, 0.25) is 5.91 Å². The van der Waals surface area contributed by atoms with Crippen LogP contribution in [0.25, 0.3) is 32.6 Å². The Morgan fingerprint density at radius 1 is 1.00 bits per heavy atom. The lowest BCUT2D eigenvalue weighted by molar-refractivity contribution is -0.119. The van der Waals surface area contributed by atoms with Gasteiger partial charge in [-0.05, 0) is 24.3 Å². The van der Waals surface area contributed by atoms with Crippen molar-refractivity contribution in [3.8, 4) is 11.4 Å². The van der Waals surface area contributed by atoms with E-state index < -0.39 is 0 Å². The number of para-hydroxylation sites is 1. The van der Waals surface area contributed by atoms with Crippen LogP contribution in [0.1, 0.15) is 15.4 Å². The van der Waals surface area contributed by atoms with Crippen LogP contribution in [0.5, 0.6) is 0 Å². The highest BCUT2D eigenvalue weighted by Crippen LogP contribution is 2.30. The number of hydrogen-bond donors (Lipinski definition) is 2. The van der Waals surface area contributed by atoms with Crippen molar-refractivity contribution < 1.29 is 14.3 Å². The largest absolute Gasteiger partial charge is 0.375 e. The first kappa shape index (κ1) is 22.7. The van der Waals surface area contributed by atoms with E-state index in [4.69, 9.17) is 9.72 Å². The van der Waals surface area contributed by atoms with Gasteiger partial charge in [-0.2, -0.15) is 0 Å². The average molecular weight is 486 g/mol. The standard InChI is InChI=1S/C26H23N5O3S/c1-31-24-19(28-22(32)15-34-2)12-17(13-20(24)30-25(31)16-8-4-3-5-9-16)26(33)27-14-23-29-18-10-6-7-11-21(18)35-23/h3-13H,14-15H2,1-2H3,(H,27,33)(H,28,32). The maximum absolute atomic E-state index is 13.1. The zero-order chi connectivity index (χ0) is 24.4. The van der Waals surface area contributed by atoms with Crippen molar-refractivity contribution in [3.63, 3.8) is 0 Å². The van der Waals surface area contributed by atoms with E-state index in [1.165, 1.54) is 7.11 Å². The Kier molecular flexibility index (Phi) is 6.26. The summed E-state index contributed by atoms with van der Waals surface area (Å²) in [5.74, 6) is 0.137. The van der Waals surface area contributed by atoms with E-state index in [0.29, 0.717) is 23.3 Å². The van der Waals surface area contributed by atoms with Gasteiger partial charge >= 0.3 is 0 Å². The number of thiazole rings is 1. The minimum absolute atomic E-state index is 0.0983. The number of rotatable bonds is 7. The average Bonchev–Trinajstić information content (AvgIpc) is 3.44. The number of carbonyl (C=O) groups excluding carboxylic acids is 2. The maximum atomic E-state index is 13.1. The highest BCUT2D eigenvalue weighted by molar-refractivity contribution is 7.18. The van der Waals surface area contributed by atoms with Gasteiger partial charge in [-0.1, -0.05) is 42.5 Å². The molecule has 5 aromatic rings. The Balaban J connectivity index is 1.49. The van der Waals surface area contributed by atoms with Crippen molar-refractivity contribution in [2.75, 3.05) is 19.0 Å². The molecule has 2 N–H and O–H groups in total. The first-order valence-electron chi connectivity index (χ1n) is 11.0. The van der Waals surface area contributed by atoms with Crippen LogP contribution in [0.2, 0.25) is 0 Å². The Morgan fingerprint density at radius 3 is 2.54 bits per heavy atom. The number of aryl methyl sites for hydroxylation is 1. The predicted octanol–water partition coefficient (Wildman–Crippen LogP) is 4.36. The summed E-state index contributed by atoms with van der Waals surface area (Å²) in [5, 5.41) is 6.62. The van der Waals surface area contributed by atoms with Crippen LogP contribution in [0.15, 0.2) is 66.7 Å². The second-order valence-corrected chi connectivity index (χ2v) is 9.11. The van der Waals surface area contributed by atoms with E-state index in [0.717, 1.165) is 32.1 Å². The number of ether oxygens (including phenoxy) is 1. The van der Waals surface area contributed by atoms with Gasteiger partial charge in [0.25, 0.3) is 5.91 Å². The molecule has 2 heterocycles. The Labute approximate surface area is 205 Å². The third kappa shape index (κ3) is 4.64. The quantitative estimate of drug-likeness (QED) is 0.357. The van der Waals surface area contributed by atoms with Crippen LogP contribution in [0.4, 0.5) is 5.69 Å². The van der Waals surface area contributed by atoms with Crippen molar-refractivity contribution >= 4 is 50.1 Å². The zero-order valence-electron chi connectivity index (χ0n) is 19.2. The third-order valence-corrected chi connectivity index (χ3v) is 6.59. The van der Waals surface area contributed by atoms with E-state index in [1.54, 1.807) is 23.5 Å². The maximum Gasteiger partial charge on any atom is 0.251 e. The summed E-state index contributed by atoms with van der Waals surface area (Å²) in [6.45, 7) is 0.206. The number of imidazole rings is 1. The lowest BCUT2D eigenvalue weighted by Gasteiger charge is -2.11. The molecule has 0 fully saturated rings. The van der Waals surface area contributed by atoms with Gasteiger partial charge in [-0.25, -0.2) is 9.97 Å². The first-order chi connectivity index (χ1) is 17.0. The first-order valence-corrected chi connectivity index (χ1v) is 11.8. The number of aromatic nitrogens is 3. The molecule has 0 saturated heterocycles. The topological polar surface area (TPSA) is 98.1 Å². The number of nitrogens with one attached hydrogen (secondary N) is 2. The molecule has 9 heteroatoms. The molecule has 0 bridgehead atoms. The fraction of sp³-hybridized carbons (Fsp3) is 0.154. The number of benzene rings is 3. The monoisotopic (exact) mass is 485 g/mol. The van der Waals surface area contributed by atoms with E-state index >= 15 is 0 Å². The highest BCUT2D eigenvalue weighted by Gasteiger charge is 2.19. The summed E-state index contributed by atoms with van der Waals surface area (Å²) < 4.78 is 7.95. The Bertz CT molecular complexity index is 1510. The molecule has 2 aromatic heterocycles. The molecule has 0 saturated carbocycles. The SMILES string of the molecule is COCC(=O)Nc1cc(C(=O)NCc2nc3ccccc3s2)cc2nc(-c3ccccc3)n(C)c12. The third-order valence-electron chi connectivity index (χ3n) is 5.55. The lowest BCUT2D eigenvalue weighted by Crippen LogP contribution is -2.23. The number of hydrogen-bond acceptors (Lipinski definition) is 6. The highest BCUT2D eigenvalue weighted by atomic mass is 32.1. The van der Waals surface area contributed by atoms with Gasteiger partial charge in [-0.3, -0.25) is 9.59 Å². The fourth-order valence-electron chi connectivity index (χ4n) is 3.99. The van der Waals surface area contributed by atoms with Crippen molar-refractivity contribution in [2.45, 2.75) is 6.54 Å². The number of carbonyl (C=O) groups is 2. The Hall–Kier alpha value is -4.08. The minimum atomic E-state index is -0.316. The van der Waals surface area contributed by atoms with Gasteiger partial charge < -0.3 is 19.9 Å². The minimum Gasteiger partial charge on any atom is -0.375 e. The molecule has 35 heavy (non-hydrogen) atoms. The predicted molar refractivity (Wildman–Crippen MR) is 137 cm³/mol. The van der Waals surface area contributed by atoms with Crippen LogP contribution in [0.3, 0.4) is 0 Å². The van der Waals surface area contributed by atoms with Gasteiger partial charge in [0, 0.05) is 25.3 Å². The molecule has 5 rings (SSSR count). The van der Waals surface area contributed by atoms with Crippen molar-refractivity contribution in [2.24, 2.45) is 7.05 Å². The van der Waals surface area contributed by atoms with E-state index in [2.05, 4.69) is 15.6 Å². The molecular weight excluding hydrogens is 462 g/mol. The van der Waals surface area contributed by atoms with Crippen molar-refractivity contribution in [1.29, 1.82) is 0 Å². The van der Waals surface area contributed by atoms with Crippen LogP contribution in [-0.2, 0) is 23.1 Å². The smallest absolute Gasteiger partial charge is 0.251 e. The second kappa shape index (κ2) is 9.65. The molecule has 176 valence electrons. The molecule has 3 aromatic carbocycles. The summed E-state index contributed by atoms with van der Waals surface area (Å²) in [4.78, 5) is 34.8. The molecule has 2 amide bonds. The van der Waals surface area contributed by atoms with Crippen molar-refractivity contribution in [1.82, 2.24) is 19.9 Å². The van der Waals surface area contributed by atoms with Gasteiger partial charge in [0.15, 0.2) is 0 Å². The van der Waals surface area contributed by atoms with Gasteiger partial charge in [0.1, 0.15) is 17.4 Å². The van der Waals surface area contributed by atoms with Crippen LogP contribution < -0.4 is 10.6 Å². The summed E-state index contributed by atoms with van der Waals surface area (Å²) in [7, 11) is 3.34. The Morgan fingerprint density at radius 2 is 1.77 bits per heavy atom. The van der Waals surface area contributed by atoms with Crippen LogP contribution in [0, 0.1) is 0 Å². The van der Waals surface area contributed by atoms with Crippen molar-refractivity contribution in [3.05, 3.63) is 77.3 Å². The molecular formula is C26H23N5O3S. The summed E-state index contributed by atoms with van der Waals surface area (Å²) in [6, 6.07) is 21.0. The zero-order valence-corrected chi connectivity index (χ0v) is 20.1. The molecule has 0 unspecified atom stereocenters. The van der Waals surface area contributed by atoms with E-state index in [1.807, 2.05) is 66.2 Å². The van der Waals surface area contributed by atoms with Crippen LogP contribution >= 0.6 is 11.3 Å². The number of fused-ring (bicyclic) bond motifs is 2. The molecule has 0 spiro atoms. The van der Waals surface area contributed by atoms with Crippen LogP contribution in [-0.4, -0.2) is 40.1 Å². The van der Waals surface area contributed by atoms with E-state index in [9.17, 15) is 9.59 Å². The van der Waals surface area contributed by atoms with E-state index in [-0.39, 0.29) is 18.4 Å². The normalized spacial score (nSPS) is 11.1. The molecule has 0 aliphatic heterocycles. The van der Waals surface area contributed by atoms with Gasteiger partial charge in [0.05, 0.1) is 33.5 Å². The van der Waals surface area contributed by atoms with Gasteiger partial charge in [-0.15, -0.1) is 11.3 Å².